The first-order valence-corrected chi connectivity index (χ1v) is 5.21. The summed E-state index contributed by atoms with van der Waals surface area (Å²) in [5, 5.41) is 4.31. The summed E-state index contributed by atoms with van der Waals surface area (Å²) >= 11 is 2.06. The largest absolute Gasteiger partial charge is 0.383 e. The molecule has 0 aromatic rings. The zero-order chi connectivity index (χ0) is 8.10. The van der Waals surface area contributed by atoms with Crippen molar-refractivity contribution in [3.8, 4) is 0 Å². The van der Waals surface area contributed by atoms with E-state index in [2.05, 4.69) is 24.0 Å². The maximum atomic E-state index is 4.96. The van der Waals surface area contributed by atoms with E-state index in [4.69, 9.17) is 4.74 Å². The molecule has 0 radical (unpaired) electrons. The number of methoxy groups -OCH3 is 1. The Morgan fingerprint density at radius 3 is 3.00 bits per heavy atom. The van der Waals surface area contributed by atoms with E-state index in [0.717, 1.165) is 24.4 Å². The van der Waals surface area contributed by atoms with Crippen LogP contribution in [0.25, 0.3) is 0 Å². The third-order valence-corrected chi connectivity index (χ3v) is 3.29. The molecule has 0 amide bonds. The van der Waals surface area contributed by atoms with Crippen LogP contribution in [0.2, 0.25) is 0 Å². The standard InChI is InChI=1S/C8H17NOS/c1-7-5-8(6-11-7)9-3-4-10-2/h7-9H,3-6H2,1-2H3. The smallest absolute Gasteiger partial charge is 0.0587 e. The molecule has 2 atom stereocenters. The molecule has 0 saturated carbocycles. The van der Waals surface area contributed by atoms with Crippen LogP contribution in [0.4, 0.5) is 0 Å². The zero-order valence-electron chi connectivity index (χ0n) is 7.30. The first-order chi connectivity index (χ1) is 5.33. The van der Waals surface area contributed by atoms with Gasteiger partial charge in [0.25, 0.3) is 0 Å². The van der Waals surface area contributed by atoms with Crippen LogP contribution in [-0.2, 0) is 4.74 Å². The summed E-state index contributed by atoms with van der Waals surface area (Å²) in [5.74, 6) is 1.27. The lowest BCUT2D eigenvalue weighted by atomic mass is 10.2. The Morgan fingerprint density at radius 1 is 1.64 bits per heavy atom. The topological polar surface area (TPSA) is 21.3 Å². The van der Waals surface area contributed by atoms with Gasteiger partial charge in [-0.15, -0.1) is 0 Å². The van der Waals surface area contributed by atoms with E-state index in [1.165, 1.54) is 12.2 Å². The van der Waals surface area contributed by atoms with Gasteiger partial charge in [-0.3, -0.25) is 0 Å². The first kappa shape index (κ1) is 9.36. The lowest BCUT2D eigenvalue weighted by Gasteiger charge is -2.10. The summed E-state index contributed by atoms with van der Waals surface area (Å²) in [4.78, 5) is 0. The van der Waals surface area contributed by atoms with Crippen LogP contribution < -0.4 is 5.32 Å². The molecule has 1 saturated heterocycles. The molecule has 66 valence electrons. The molecule has 2 nitrogen and oxygen atoms in total. The fourth-order valence-electron chi connectivity index (χ4n) is 1.32. The summed E-state index contributed by atoms with van der Waals surface area (Å²) in [6, 6.07) is 0.727. The minimum absolute atomic E-state index is 0.727. The predicted molar refractivity (Wildman–Crippen MR) is 50.2 cm³/mol. The Labute approximate surface area is 73.1 Å². The van der Waals surface area contributed by atoms with Gasteiger partial charge < -0.3 is 10.1 Å². The number of nitrogens with one attached hydrogen (secondary N) is 1. The van der Waals surface area contributed by atoms with E-state index in [1.54, 1.807) is 7.11 Å². The molecule has 0 aliphatic carbocycles. The molecule has 11 heavy (non-hydrogen) atoms. The van der Waals surface area contributed by atoms with Gasteiger partial charge in [0.2, 0.25) is 0 Å². The zero-order valence-corrected chi connectivity index (χ0v) is 8.12. The molecule has 1 rings (SSSR count). The second kappa shape index (κ2) is 5.01. The van der Waals surface area contributed by atoms with Gasteiger partial charge in [0, 0.05) is 30.7 Å². The number of ether oxygens (including phenoxy) is 1. The molecular weight excluding hydrogens is 158 g/mol. The second-order valence-corrected chi connectivity index (χ2v) is 4.49. The first-order valence-electron chi connectivity index (χ1n) is 4.17. The monoisotopic (exact) mass is 175 g/mol. The van der Waals surface area contributed by atoms with Crippen LogP contribution in [0.3, 0.4) is 0 Å². The third-order valence-electron chi connectivity index (χ3n) is 1.94. The average molecular weight is 175 g/mol. The molecular formula is C8H17NOS. The quantitative estimate of drug-likeness (QED) is 0.647. The molecule has 0 aromatic heterocycles. The molecule has 1 aliphatic heterocycles. The fraction of sp³-hybridized carbons (Fsp3) is 1.00. The van der Waals surface area contributed by atoms with Gasteiger partial charge in [0.15, 0.2) is 0 Å². The van der Waals surface area contributed by atoms with Crippen LogP contribution in [-0.4, -0.2) is 37.3 Å². The highest BCUT2D eigenvalue weighted by molar-refractivity contribution is 8.00. The molecule has 1 N–H and O–H groups in total. The Kier molecular flexibility index (Phi) is 4.26. The van der Waals surface area contributed by atoms with Crippen LogP contribution in [0.5, 0.6) is 0 Å². The van der Waals surface area contributed by atoms with Crippen LogP contribution in [0.15, 0.2) is 0 Å². The molecule has 2 unspecified atom stereocenters. The normalized spacial score (nSPS) is 31.1. The van der Waals surface area contributed by atoms with Gasteiger partial charge in [-0.2, -0.15) is 11.8 Å². The Morgan fingerprint density at radius 2 is 2.45 bits per heavy atom. The van der Waals surface area contributed by atoms with Crippen molar-refractivity contribution in [1.29, 1.82) is 0 Å². The van der Waals surface area contributed by atoms with Crippen molar-refractivity contribution in [2.24, 2.45) is 0 Å². The maximum Gasteiger partial charge on any atom is 0.0587 e. The maximum absolute atomic E-state index is 4.96. The average Bonchev–Trinajstić information content (AvgIpc) is 2.37. The highest BCUT2D eigenvalue weighted by atomic mass is 32.2. The Hall–Kier alpha value is 0.270. The number of rotatable bonds is 4. The SMILES string of the molecule is COCCNC1CSC(C)C1. The summed E-state index contributed by atoms with van der Waals surface area (Å²) in [6.45, 7) is 4.12. The lowest BCUT2D eigenvalue weighted by molar-refractivity contribution is 0.196. The summed E-state index contributed by atoms with van der Waals surface area (Å²) in [5.41, 5.74) is 0. The van der Waals surface area contributed by atoms with Crippen LogP contribution in [0.1, 0.15) is 13.3 Å². The van der Waals surface area contributed by atoms with Crippen molar-refractivity contribution in [1.82, 2.24) is 5.32 Å². The summed E-state index contributed by atoms with van der Waals surface area (Å²) < 4.78 is 4.96. The lowest BCUT2D eigenvalue weighted by Crippen LogP contribution is -2.31. The van der Waals surface area contributed by atoms with Crippen molar-refractivity contribution < 1.29 is 4.74 Å². The minimum atomic E-state index is 0.727. The molecule has 1 heterocycles. The van der Waals surface area contributed by atoms with E-state index < -0.39 is 0 Å². The highest BCUT2D eigenvalue weighted by Gasteiger charge is 2.20. The number of thioether (sulfide) groups is 1. The Balaban J connectivity index is 1.99. The van der Waals surface area contributed by atoms with Gasteiger partial charge in [0.05, 0.1) is 6.61 Å². The Bertz CT molecular complexity index is 110. The van der Waals surface area contributed by atoms with Crippen LogP contribution in [0, 0.1) is 0 Å². The molecule has 0 spiro atoms. The fourth-order valence-corrected chi connectivity index (χ4v) is 2.51. The van der Waals surface area contributed by atoms with Gasteiger partial charge in [0.1, 0.15) is 0 Å². The van der Waals surface area contributed by atoms with Crippen molar-refractivity contribution in [3.63, 3.8) is 0 Å². The summed E-state index contributed by atoms with van der Waals surface area (Å²) in [6.07, 6.45) is 1.31. The van der Waals surface area contributed by atoms with Gasteiger partial charge in [-0.1, -0.05) is 6.92 Å². The molecule has 0 aromatic carbocycles. The molecule has 3 heteroatoms. The van der Waals surface area contributed by atoms with Crippen molar-refractivity contribution >= 4 is 11.8 Å². The number of hydrogen-bond acceptors (Lipinski definition) is 3. The summed E-state index contributed by atoms with van der Waals surface area (Å²) in [7, 11) is 1.74. The van der Waals surface area contributed by atoms with Gasteiger partial charge in [-0.25, -0.2) is 0 Å². The van der Waals surface area contributed by atoms with E-state index in [0.29, 0.717) is 0 Å². The van der Waals surface area contributed by atoms with Crippen molar-refractivity contribution in [2.45, 2.75) is 24.6 Å². The highest BCUT2D eigenvalue weighted by Crippen LogP contribution is 2.25. The molecule has 1 aliphatic rings. The van der Waals surface area contributed by atoms with E-state index in [-0.39, 0.29) is 0 Å². The van der Waals surface area contributed by atoms with E-state index in [1.807, 2.05) is 0 Å². The predicted octanol–water partition coefficient (Wildman–Crippen LogP) is 1.12. The van der Waals surface area contributed by atoms with Crippen molar-refractivity contribution in [3.05, 3.63) is 0 Å². The second-order valence-electron chi connectivity index (χ2n) is 3.02. The van der Waals surface area contributed by atoms with Gasteiger partial charge >= 0.3 is 0 Å². The van der Waals surface area contributed by atoms with E-state index >= 15 is 0 Å². The van der Waals surface area contributed by atoms with Crippen LogP contribution >= 0.6 is 11.8 Å². The van der Waals surface area contributed by atoms with E-state index in [9.17, 15) is 0 Å². The molecule has 1 fully saturated rings. The van der Waals surface area contributed by atoms with Crippen molar-refractivity contribution in [2.75, 3.05) is 26.0 Å². The third kappa shape index (κ3) is 3.45. The van der Waals surface area contributed by atoms with Gasteiger partial charge in [-0.05, 0) is 6.42 Å². The minimum Gasteiger partial charge on any atom is -0.383 e. The number of hydrogen-bond donors (Lipinski definition) is 1. The molecule has 0 bridgehead atoms.